The van der Waals surface area contributed by atoms with Crippen LogP contribution in [0.3, 0.4) is 0 Å². The predicted molar refractivity (Wildman–Crippen MR) is 105 cm³/mol. The van der Waals surface area contributed by atoms with Gasteiger partial charge in [-0.25, -0.2) is 24.4 Å². The van der Waals surface area contributed by atoms with Gasteiger partial charge in [-0.2, -0.15) is 10.2 Å². The Morgan fingerprint density at radius 1 is 1.30 bits per heavy atom. The number of esters is 1. The van der Waals surface area contributed by atoms with Crippen LogP contribution in [0.25, 0.3) is 5.82 Å². The number of amides is 1. The van der Waals surface area contributed by atoms with Gasteiger partial charge in [-0.1, -0.05) is 0 Å². The summed E-state index contributed by atoms with van der Waals surface area (Å²) in [6.45, 7) is 3.22. The van der Waals surface area contributed by atoms with Crippen LogP contribution in [-0.4, -0.2) is 66.5 Å². The highest BCUT2D eigenvalue weighted by atomic mass is 16.5. The molecule has 1 amide bonds. The van der Waals surface area contributed by atoms with Gasteiger partial charge in [0.15, 0.2) is 5.82 Å². The number of carbonyl (C=O) groups excluding carboxylic acids is 2. The topological polar surface area (TPSA) is 144 Å². The minimum absolute atomic E-state index is 0.194. The molecule has 1 aliphatic rings. The van der Waals surface area contributed by atoms with Crippen LogP contribution in [-0.2, 0) is 9.53 Å². The number of anilines is 2. The summed E-state index contributed by atoms with van der Waals surface area (Å²) in [5.41, 5.74) is 0.200. The zero-order chi connectivity index (χ0) is 20.9. The Hall–Kier alpha value is -3.83. The molecule has 0 saturated carbocycles. The molecule has 12 heteroatoms. The fourth-order valence-corrected chi connectivity index (χ4v) is 3.33. The first-order chi connectivity index (χ1) is 14.7. The van der Waals surface area contributed by atoms with Gasteiger partial charge in [-0.3, -0.25) is 9.89 Å². The molecule has 3 aromatic rings. The minimum atomic E-state index is -0.534. The number of aromatic nitrogens is 7. The summed E-state index contributed by atoms with van der Waals surface area (Å²) in [6.07, 6.45) is 7.35. The van der Waals surface area contributed by atoms with Crippen molar-refractivity contribution in [2.75, 3.05) is 29.9 Å². The van der Waals surface area contributed by atoms with Crippen LogP contribution < -0.4 is 10.2 Å². The smallest absolute Gasteiger partial charge is 0.343 e. The molecule has 0 radical (unpaired) electrons. The summed E-state index contributed by atoms with van der Waals surface area (Å²) in [7, 11) is 0. The Morgan fingerprint density at radius 3 is 2.97 bits per heavy atom. The minimum Gasteiger partial charge on any atom is -0.462 e. The molecule has 4 rings (SSSR count). The molecule has 12 nitrogen and oxygen atoms in total. The summed E-state index contributed by atoms with van der Waals surface area (Å²) in [5.74, 6) is 0.545. The van der Waals surface area contributed by atoms with Crippen molar-refractivity contribution in [1.29, 1.82) is 0 Å². The maximum atomic E-state index is 12.8. The maximum Gasteiger partial charge on any atom is 0.343 e. The lowest BCUT2D eigenvalue weighted by Gasteiger charge is -2.32. The lowest BCUT2D eigenvalue weighted by molar-refractivity contribution is -0.120. The van der Waals surface area contributed by atoms with Gasteiger partial charge in [0.25, 0.3) is 0 Å². The maximum absolute atomic E-state index is 12.8. The molecule has 1 unspecified atom stereocenters. The number of nitrogens with zero attached hydrogens (tertiary/aromatic N) is 7. The molecule has 1 saturated heterocycles. The molecule has 4 heterocycles. The molecule has 0 aliphatic carbocycles. The lowest BCUT2D eigenvalue weighted by atomic mass is 9.97. The van der Waals surface area contributed by atoms with E-state index in [2.05, 4.69) is 35.6 Å². The molecule has 3 aromatic heterocycles. The highest BCUT2D eigenvalue weighted by molar-refractivity contribution is 6.00. The van der Waals surface area contributed by atoms with Gasteiger partial charge in [0.05, 0.1) is 18.7 Å². The van der Waals surface area contributed by atoms with E-state index < -0.39 is 5.97 Å². The Kier molecular flexibility index (Phi) is 5.63. The van der Waals surface area contributed by atoms with Gasteiger partial charge < -0.3 is 15.0 Å². The van der Waals surface area contributed by atoms with E-state index in [1.165, 1.54) is 18.9 Å². The standard InChI is InChI=1S/C18H21N9O3/c1-2-30-18(29)13-7-22-25-16(13)24-17(28)12-4-3-5-26(8-12)14-6-15(21-10-20-14)27-11-19-9-23-27/h6-7,9-12H,2-5,8H2,1H3,(H2,22,24,25,28). The summed E-state index contributed by atoms with van der Waals surface area (Å²) >= 11 is 0. The zero-order valence-corrected chi connectivity index (χ0v) is 16.4. The number of hydrogen-bond acceptors (Lipinski definition) is 9. The van der Waals surface area contributed by atoms with E-state index in [1.807, 2.05) is 11.0 Å². The molecule has 1 atom stereocenters. The van der Waals surface area contributed by atoms with Gasteiger partial charge >= 0.3 is 5.97 Å². The molecule has 1 aliphatic heterocycles. The first kappa shape index (κ1) is 19.5. The van der Waals surface area contributed by atoms with Crippen LogP contribution in [0.15, 0.2) is 31.2 Å². The van der Waals surface area contributed by atoms with Gasteiger partial charge in [0, 0.05) is 19.2 Å². The van der Waals surface area contributed by atoms with E-state index in [9.17, 15) is 9.59 Å². The first-order valence-corrected chi connectivity index (χ1v) is 9.59. The summed E-state index contributed by atoms with van der Waals surface area (Å²) in [6, 6.07) is 1.81. The van der Waals surface area contributed by atoms with E-state index >= 15 is 0 Å². The molecular weight excluding hydrogens is 390 g/mol. The van der Waals surface area contributed by atoms with Crippen molar-refractivity contribution in [3.63, 3.8) is 0 Å². The molecule has 0 spiro atoms. The van der Waals surface area contributed by atoms with E-state index in [0.717, 1.165) is 19.4 Å². The highest BCUT2D eigenvalue weighted by Gasteiger charge is 2.28. The van der Waals surface area contributed by atoms with Gasteiger partial charge in [-0.05, 0) is 19.8 Å². The average Bonchev–Trinajstić information content (AvgIpc) is 3.46. The molecule has 30 heavy (non-hydrogen) atoms. The van der Waals surface area contributed by atoms with E-state index in [1.54, 1.807) is 17.9 Å². The van der Waals surface area contributed by atoms with Gasteiger partial charge in [0.2, 0.25) is 5.91 Å². The number of aromatic amines is 1. The second kappa shape index (κ2) is 8.68. The van der Waals surface area contributed by atoms with Gasteiger partial charge in [-0.15, -0.1) is 0 Å². The second-order valence-electron chi connectivity index (χ2n) is 6.73. The Balaban J connectivity index is 1.45. The van der Waals surface area contributed by atoms with Crippen molar-refractivity contribution in [3.8, 4) is 5.82 Å². The fourth-order valence-electron chi connectivity index (χ4n) is 3.33. The molecule has 0 bridgehead atoms. The third-order valence-electron chi connectivity index (χ3n) is 4.79. The number of rotatable bonds is 6. The molecule has 0 aromatic carbocycles. The average molecular weight is 411 g/mol. The molecular formula is C18H21N9O3. The third kappa shape index (κ3) is 4.11. The van der Waals surface area contributed by atoms with Crippen LogP contribution in [0.1, 0.15) is 30.1 Å². The molecule has 2 N–H and O–H groups in total. The number of carbonyl (C=O) groups is 2. The Labute approximate surface area is 171 Å². The van der Waals surface area contributed by atoms with E-state index in [0.29, 0.717) is 18.2 Å². The first-order valence-electron chi connectivity index (χ1n) is 9.59. The highest BCUT2D eigenvalue weighted by Crippen LogP contribution is 2.24. The largest absolute Gasteiger partial charge is 0.462 e. The second-order valence-corrected chi connectivity index (χ2v) is 6.73. The third-order valence-corrected chi connectivity index (χ3v) is 4.79. The number of H-pyrrole nitrogens is 1. The van der Waals surface area contributed by atoms with E-state index in [4.69, 9.17) is 4.74 Å². The fraction of sp³-hybridized carbons (Fsp3) is 0.389. The van der Waals surface area contributed by atoms with Crippen molar-refractivity contribution >= 4 is 23.5 Å². The number of nitrogens with one attached hydrogen (secondary N) is 2. The Bertz CT molecular complexity index is 1020. The number of ether oxygens (including phenoxy) is 1. The van der Waals surface area contributed by atoms with Crippen molar-refractivity contribution < 1.29 is 14.3 Å². The van der Waals surface area contributed by atoms with Crippen LogP contribution in [0, 0.1) is 5.92 Å². The summed E-state index contributed by atoms with van der Waals surface area (Å²) in [5, 5.41) is 13.3. The van der Waals surface area contributed by atoms with Crippen LogP contribution in [0.5, 0.6) is 0 Å². The predicted octanol–water partition coefficient (Wildman–Crippen LogP) is 0.812. The van der Waals surface area contributed by atoms with Crippen LogP contribution in [0.2, 0.25) is 0 Å². The van der Waals surface area contributed by atoms with Crippen molar-refractivity contribution in [2.45, 2.75) is 19.8 Å². The van der Waals surface area contributed by atoms with Crippen LogP contribution in [0.4, 0.5) is 11.6 Å². The quantitative estimate of drug-likeness (QED) is 0.563. The molecule has 156 valence electrons. The summed E-state index contributed by atoms with van der Waals surface area (Å²) < 4.78 is 6.54. The normalized spacial score (nSPS) is 16.3. The monoisotopic (exact) mass is 411 g/mol. The van der Waals surface area contributed by atoms with Crippen molar-refractivity contribution in [1.82, 2.24) is 34.9 Å². The van der Waals surface area contributed by atoms with Crippen molar-refractivity contribution in [3.05, 3.63) is 36.8 Å². The number of hydrogen-bond donors (Lipinski definition) is 2. The summed E-state index contributed by atoms with van der Waals surface area (Å²) in [4.78, 5) is 39.3. The lowest BCUT2D eigenvalue weighted by Crippen LogP contribution is -2.41. The van der Waals surface area contributed by atoms with E-state index in [-0.39, 0.29) is 29.8 Å². The molecule has 1 fully saturated rings. The Morgan fingerprint density at radius 2 is 2.17 bits per heavy atom. The number of piperidine rings is 1. The van der Waals surface area contributed by atoms with Crippen molar-refractivity contribution in [2.24, 2.45) is 5.92 Å². The zero-order valence-electron chi connectivity index (χ0n) is 16.4. The SMILES string of the molecule is CCOC(=O)c1cn[nH]c1NC(=O)C1CCCN(c2cc(-n3cncn3)ncn2)C1. The van der Waals surface area contributed by atoms with Crippen LogP contribution >= 0.6 is 0 Å². The van der Waals surface area contributed by atoms with Gasteiger partial charge in [0.1, 0.15) is 36.2 Å².